The SMILES string of the molecule is O=C(O)N1C[C@@H]2C[C@H]1CN2CCc1ccc(Oc2nc3ccccc3s2)cc1. The van der Waals surface area contributed by atoms with Crippen LogP contribution in [0.3, 0.4) is 0 Å². The number of thiazole rings is 1. The van der Waals surface area contributed by atoms with Crippen LogP contribution in [0.15, 0.2) is 48.5 Å². The fourth-order valence-electron chi connectivity index (χ4n) is 4.25. The van der Waals surface area contributed by atoms with Gasteiger partial charge in [0.05, 0.1) is 10.2 Å². The molecule has 0 radical (unpaired) electrons. The number of benzene rings is 2. The number of ether oxygens (including phenoxy) is 1. The topological polar surface area (TPSA) is 65.9 Å². The average molecular weight is 395 g/mol. The Labute approximate surface area is 167 Å². The average Bonchev–Trinajstić information content (AvgIpc) is 3.40. The molecule has 2 atom stereocenters. The number of rotatable bonds is 5. The van der Waals surface area contributed by atoms with Crippen molar-refractivity contribution in [3.8, 4) is 10.9 Å². The number of carboxylic acid groups (broad SMARTS) is 1. The zero-order valence-electron chi connectivity index (χ0n) is 15.3. The van der Waals surface area contributed by atoms with E-state index in [1.807, 2.05) is 36.4 Å². The number of hydrogen-bond acceptors (Lipinski definition) is 5. The highest BCUT2D eigenvalue weighted by Gasteiger charge is 2.44. The Hall–Kier alpha value is -2.64. The van der Waals surface area contributed by atoms with Crippen LogP contribution >= 0.6 is 11.3 Å². The Morgan fingerprint density at radius 2 is 1.96 bits per heavy atom. The van der Waals surface area contributed by atoms with Crippen molar-refractivity contribution in [2.24, 2.45) is 0 Å². The molecule has 2 bridgehead atoms. The van der Waals surface area contributed by atoms with E-state index in [0.717, 1.165) is 41.9 Å². The van der Waals surface area contributed by atoms with Gasteiger partial charge in [-0.3, -0.25) is 4.90 Å². The van der Waals surface area contributed by atoms with Crippen molar-refractivity contribution < 1.29 is 14.6 Å². The highest BCUT2D eigenvalue weighted by molar-refractivity contribution is 7.20. The van der Waals surface area contributed by atoms with Crippen LogP contribution in [0.1, 0.15) is 12.0 Å². The van der Waals surface area contributed by atoms with E-state index in [-0.39, 0.29) is 6.04 Å². The maximum absolute atomic E-state index is 11.2. The van der Waals surface area contributed by atoms with Crippen molar-refractivity contribution in [1.82, 2.24) is 14.8 Å². The van der Waals surface area contributed by atoms with Gasteiger partial charge in [0.1, 0.15) is 5.75 Å². The molecular formula is C21H21N3O3S. The summed E-state index contributed by atoms with van der Waals surface area (Å²) in [4.78, 5) is 19.7. The lowest BCUT2D eigenvalue weighted by atomic mass is 10.1. The minimum Gasteiger partial charge on any atom is -0.465 e. The zero-order chi connectivity index (χ0) is 19.1. The summed E-state index contributed by atoms with van der Waals surface area (Å²) in [5, 5.41) is 9.85. The lowest BCUT2D eigenvalue weighted by Crippen LogP contribution is -2.48. The van der Waals surface area contributed by atoms with Gasteiger partial charge in [-0.2, -0.15) is 0 Å². The monoisotopic (exact) mass is 395 g/mol. The van der Waals surface area contributed by atoms with Crippen molar-refractivity contribution in [1.29, 1.82) is 0 Å². The minimum absolute atomic E-state index is 0.173. The fourth-order valence-corrected chi connectivity index (χ4v) is 5.08. The number of carbonyl (C=O) groups is 1. The molecule has 1 aromatic heterocycles. The molecule has 7 heteroatoms. The van der Waals surface area contributed by atoms with Crippen LogP contribution in [0, 0.1) is 0 Å². The first-order chi connectivity index (χ1) is 13.7. The summed E-state index contributed by atoms with van der Waals surface area (Å²) in [6.45, 7) is 2.47. The molecular weight excluding hydrogens is 374 g/mol. The molecule has 3 aromatic rings. The van der Waals surface area contributed by atoms with Crippen molar-refractivity contribution in [2.45, 2.75) is 24.9 Å². The van der Waals surface area contributed by atoms with Gasteiger partial charge in [0.2, 0.25) is 0 Å². The zero-order valence-corrected chi connectivity index (χ0v) is 16.1. The molecule has 2 aliphatic rings. The number of amides is 1. The highest BCUT2D eigenvalue weighted by atomic mass is 32.1. The predicted molar refractivity (Wildman–Crippen MR) is 108 cm³/mol. The molecule has 2 fully saturated rings. The number of hydrogen-bond donors (Lipinski definition) is 1. The smallest absolute Gasteiger partial charge is 0.407 e. The van der Waals surface area contributed by atoms with E-state index in [9.17, 15) is 9.90 Å². The molecule has 2 saturated heterocycles. The molecule has 144 valence electrons. The van der Waals surface area contributed by atoms with Crippen molar-refractivity contribution in [2.75, 3.05) is 19.6 Å². The Morgan fingerprint density at radius 1 is 1.14 bits per heavy atom. The van der Waals surface area contributed by atoms with Crippen LogP contribution in [0.4, 0.5) is 4.79 Å². The second-order valence-electron chi connectivity index (χ2n) is 7.42. The molecule has 28 heavy (non-hydrogen) atoms. The van der Waals surface area contributed by atoms with E-state index >= 15 is 0 Å². The summed E-state index contributed by atoms with van der Waals surface area (Å²) in [7, 11) is 0. The first kappa shape index (κ1) is 17.5. The van der Waals surface area contributed by atoms with Crippen LogP contribution in [-0.4, -0.2) is 57.7 Å². The number of nitrogens with zero attached hydrogens (tertiary/aromatic N) is 3. The lowest BCUT2D eigenvalue weighted by Gasteiger charge is -2.32. The fraction of sp³-hybridized carbons (Fsp3) is 0.333. The molecule has 6 nitrogen and oxygen atoms in total. The Balaban J connectivity index is 1.17. The highest BCUT2D eigenvalue weighted by Crippen LogP contribution is 2.32. The van der Waals surface area contributed by atoms with Gasteiger partial charge in [0.25, 0.3) is 5.19 Å². The molecule has 0 saturated carbocycles. The molecule has 3 heterocycles. The standard InChI is InChI=1S/C21H21N3O3S/c25-21(26)24-13-15-11-16(24)12-23(15)10-9-14-5-7-17(8-6-14)27-20-22-18-3-1-2-4-19(18)28-20/h1-8,15-16H,9-13H2,(H,25,26)/t15-,16-/m0/s1. The van der Waals surface area contributed by atoms with Crippen LogP contribution in [0.5, 0.6) is 10.9 Å². The van der Waals surface area contributed by atoms with Crippen molar-refractivity contribution in [3.63, 3.8) is 0 Å². The van der Waals surface area contributed by atoms with Crippen LogP contribution in [-0.2, 0) is 6.42 Å². The van der Waals surface area contributed by atoms with Gasteiger partial charge >= 0.3 is 6.09 Å². The molecule has 0 unspecified atom stereocenters. The normalized spacial score (nSPS) is 21.5. The minimum atomic E-state index is -0.782. The van der Waals surface area contributed by atoms with E-state index < -0.39 is 6.09 Å². The third kappa shape index (κ3) is 3.31. The summed E-state index contributed by atoms with van der Waals surface area (Å²) in [5.41, 5.74) is 2.22. The number of likely N-dealkylation sites (tertiary alicyclic amines) is 2. The van der Waals surface area contributed by atoms with Gasteiger partial charge in [-0.15, -0.1) is 0 Å². The predicted octanol–water partition coefficient (Wildman–Crippen LogP) is 4.07. The van der Waals surface area contributed by atoms with E-state index in [2.05, 4.69) is 22.0 Å². The molecule has 2 aromatic carbocycles. The maximum atomic E-state index is 11.2. The van der Waals surface area contributed by atoms with Gasteiger partial charge in [-0.1, -0.05) is 35.6 Å². The van der Waals surface area contributed by atoms with Gasteiger partial charge in [-0.25, -0.2) is 9.78 Å². The first-order valence-corrected chi connectivity index (χ1v) is 10.3. The Morgan fingerprint density at radius 3 is 2.68 bits per heavy atom. The number of aromatic nitrogens is 1. The summed E-state index contributed by atoms with van der Waals surface area (Å²) < 4.78 is 7.03. The van der Waals surface area contributed by atoms with Crippen LogP contribution in [0.25, 0.3) is 10.2 Å². The summed E-state index contributed by atoms with van der Waals surface area (Å²) in [6.07, 6.45) is 1.15. The molecule has 0 spiro atoms. The van der Waals surface area contributed by atoms with Crippen molar-refractivity contribution >= 4 is 27.6 Å². The summed E-state index contributed by atoms with van der Waals surface area (Å²) in [6, 6.07) is 16.7. The number of para-hydroxylation sites is 1. The van der Waals surface area contributed by atoms with E-state index in [4.69, 9.17) is 4.74 Å². The van der Waals surface area contributed by atoms with Crippen molar-refractivity contribution in [3.05, 3.63) is 54.1 Å². The number of fused-ring (bicyclic) bond motifs is 3. The number of piperazine rings is 1. The molecule has 1 N–H and O–H groups in total. The third-order valence-electron chi connectivity index (χ3n) is 5.69. The lowest BCUT2D eigenvalue weighted by molar-refractivity contribution is 0.103. The second-order valence-corrected chi connectivity index (χ2v) is 8.41. The van der Waals surface area contributed by atoms with Gasteiger partial charge in [0, 0.05) is 31.7 Å². The van der Waals surface area contributed by atoms with Gasteiger partial charge in [-0.05, 0) is 42.7 Å². The first-order valence-electron chi connectivity index (χ1n) is 9.52. The third-order valence-corrected chi connectivity index (χ3v) is 6.60. The quantitative estimate of drug-likeness (QED) is 0.706. The van der Waals surface area contributed by atoms with E-state index in [1.165, 1.54) is 5.56 Å². The molecule has 2 aliphatic heterocycles. The largest absolute Gasteiger partial charge is 0.465 e. The second kappa shape index (κ2) is 7.07. The molecule has 0 aliphatic carbocycles. The maximum Gasteiger partial charge on any atom is 0.407 e. The van der Waals surface area contributed by atoms with E-state index in [1.54, 1.807) is 16.2 Å². The Bertz CT molecular complexity index is 971. The molecule has 5 rings (SSSR count). The van der Waals surface area contributed by atoms with Crippen LogP contribution < -0.4 is 4.74 Å². The molecule has 1 amide bonds. The van der Waals surface area contributed by atoms with Gasteiger partial charge in [0.15, 0.2) is 0 Å². The summed E-state index contributed by atoms with van der Waals surface area (Å²) >= 11 is 1.55. The Kier molecular flexibility index (Phi) is 4.41. The van der Waals surface area contributed by atoms with E-state index in [0.29, 0.717) is 17.8 Å². The summed E-state index contributed by atoms with van der Waals surface area (Å²) in [5.74, 6) is 0.792. The van der Waals surface area contributed by atoms with Gasteiger partial charge < -0.3 is 14.7 Å². The van der Waals surface area contributed by atoms with Crippen LogP contribution in [0.2, 0.25) is 0 Å².